The topological polar surface area (TPSA) is 70.2 Å². The van der Waals surface area contributed by atoms with Crippen LogP contribution < -0.4 is 16.0 Å². The first-order chi connectivity index (χ1) is 13.2. The highest BCUT2D eigenvalue weighted by Gasteiger charge is 2.17. The number of aryl methyl sites for hydroxylation is 1. The highest BCUT2D eigenvalue weighted by atomic mass is 35.5. The van der Waals surface area contributed by atoms with Gasteiger partial charge in [-0.3, -0.25) is 9.59 Å². The molecule has 1 unspecified atom stereocenters. The molecule has 1 atom stereocenters. The van der Waals surface area contributed by atoms with Crippen LogP contribution in [0.2, 0.25) is 0 Å². The number of piperidine rings is 1. The van der Waals surface area contributed by atoms with Gasteiger partial charge in [-0.25, -0.2) is 0 Å². The summed E-state index contributed by atoms with van der Waals surface area (Å²) in [5, 5.41) is 11.7. The van der Waals surface area contributed by atoms with E-state index in [9.17, 15) is 9.59 Å². The molecule has 0 saturated carbocycles. The van der Waals surface area contributed by atoms with Crippen LogP contribution >= 0.6 is 23.7 Å². The third-order valence-electron chi connectivity index (χ3n) is 5.00. The van der Waals surface area contributed by atoms with Crippen molar-refractivity contribution in [2.45, 2.75) is 32.6 Å². The fourth-order valence-corrected chi connectivity index (χ4v) is 4.09. The van der Waals surface area contributed by atoms with E-state index in [1.54, 1.807) is 6.07 Å². The maximum absolute atomic E-state index is 12.5. The Bertz CT molecular complexity index is 770. The predicted octanol–water partition coefficient (Wildman–Crippen LogP) is 4.10. The van der Waals surface area contributed by atoms with Crippen molar-refractivity contribution in [3.8, 4) is 0 Å². The van der Waals surface area contributed by atoms with Gasteiger partial charge in [0.25, 0.3) is 11.8 Å². The standard InChI is InChI=1S/C21H27N3O2S.ClH/c1-2-15-5-7-17(8-6-15)19(25)24-21-18(10-13-27-21)20(26)23-12-9-16-4-3-11-22-14-16;/h5-8,10,13,16,22H,2-4,9,11-12,14H2,1H3,(H,23,26)(H,24,25);1H. The first kappa shape index (κ1) is 22.4. The molecule has 0 radical (unpaired) electrons. The van der Waals surface area contributed by atoms with Crippen LogP contribution in [0.25, 0.3) is 0 Å². The molecular weight excluding hydrogens is 394 g/mol. The number of carbonyl (C=O) groups excluding carboxylic acids is 2. The zero-order valence-corrected chi connectivity index (χ0v) is 17.8. The minimum absolute atomic E-state index is 0. The number of hydrogen-bond acceptors (Lipinski definition) is 4. The first-order valence-electron chi connectivity index (χ1n) is 9.64. The Morgan fingerprint density at radius 3 is 2.64 bits per heavy atom. The summed E-state index contributed by atoms with van der Waals surface area (Å²) in [6.45, 7) is 4.87. The molecule has 1 fully saturated rings. The lowest BCUT2D eigenvalue weighted by Gasteiger charge is -2.22. The van der Waals surface area contributed by atoms with E-state index >= 15 is 0 Å². The number of anilines is 1. The fraction of sp³-hybridized carbons (Fsp3) is 0.429. The highest BCUT2D eigenvalue weighted by molar-refractivity contribution is 7.14. The smallest absolute Gasteiger partial charge is 0.256 e. The number of halogens is 1. The molecule has 3 rings (SSSR count). The number of nitrogens with one attached hydrogen (secondary N) is 3. The molecule has 7 heteroatoms. The Balaban J connectivity index is 0.00000280. The van der Waals surface area contributed by atoms with Gasteiger partial charge in [-0.2, -0.15) is 0 Å². The third-order valence-corrected chi connectivity index (χ3v) is 5.83. The van der Waals surface area contributed by atoms with Crippen molar-refractivity contribution in [1.82, 2.24) is 10.6 Å². The van der Waals surface area contributed by atoms with Crippen LogP contribution in [0.3, 0.4) is 0 Å². The maximum Gasteiger partial charge on any atom is 0.256 e. The molecule has 0 spiro atoms. The lowest BCUT2D eigenvalue weighted by Crippen LogP contribution is -2.33. The van der Waals surface area contributed by atoms with Gasteiger partial charge in [0.1, 0.15) is 5.00 Å². The number of hydrogen-bond donors (Lipinski definition) is 3. The molecule has 5 nitrogen and oxygen atoms in total. The average molecular weight is 422 g/mol. The Hall–Kier alpha value is -1.89. The van der Waals surface area contributed by atoms with E-state index in [4.69, 9.17) is 0 Å². The Labute approximate surface area is 176 Å². The van der Waals surface area contributed by atoms with Crippen LogP contribution in [0.5, 0.6) is 0 Å². The number of amides is 2. The predicted molar refractivity (Wildman–Crippen MR) is 118 cm³/mol. The lowest BCUT2D eigenvalue weighted by atomic mass is 9.96. The van der Waals surface area contributed by atoms with E-state index in [0.29, 0.717) is 28.6 Å². The van der Waals surface area contributed by atoms with Gasteiger partial charge in [0.05, 0.1) is 5.56 Å². The molecular formula is C21H28ClN3O2S. The molecule has 1 aliphatic rings. The second-order valence-corrected chi connectivity index (χ2v) is 7.84. The van der Waals surface area contributed by atoms with Crippen molar-refractivity contribution in [3.05, 3.63) is 52.4 Å². The summed E-state index contributed by atoms with van der Waals surface area (Å²) in [7, 11) is 0. The third kappa shape index (κ3) is 6.06. The summed E-state index contributed by atoms with van der Waals surface area (Å²) in [5.41, 5.74) is 2.31. The van der Waals surface area contributed by atoms with Gasteiger partial charge in [0.2, 0.25) is 0 Å². The average Bonchev–Trinajstić information content (AvgIpc) is 3.17. The minimum Gasteiger partial charge on any atom is -0.352 e. The van der Waals surface area contributed by atoms with Crippen molar-refractivity contribution in [3.63, 3.8) is 0 Å². The van der Waals surface area contributed by atoms with Gasteiger partial charge in [0, 0.05) is 12.1 Å². The van der Waals surface area contributed by atoms with Crippen LogP contribution in [0.1, 0.15) is 52.5 Å². The van der Waals surface area contributed by atoms with E-state index in [2.05, 4.69) is 22.9 Å². The molecule has 1 saturated heterocycles. The molecule has 2 aromatic rings. The zero-order valence-electron chi connectivity index (χ0n) is 16.1. The summed E-state index contributed by atoms with van der Waals surface area (Å²) < 4.78 is 0. The maximum atomic E-state index is 12.5. The van der Waals surface area contributed by atoms with Crippen LogP contribution in [-0.4, -0.2) is 31.4 Å². The quantitative estimate of drug-likeness (QED) is 0.630. The molecule has 152 valence electrons. The molecule has 0 bridgehead atoms. The van der Waals surface area contributed by atoms with Gasteiger partial charge >= 0.3 is 0 Å². The number of rotatable bonds is 7. The number of carbonyl (C=O) groups is 2. The van der Waals surface area contributed by atoms with E-state index in [-0.39, 0.29) is 24.2 Å². The summed E-state index contributed by atoms with van der Waals surface area (Å²) in [4.78, 5) is 25.0. The van der Waals surface area contributed by atoms with E-state index in [1.807, 2.05) is 29.6 Å². The van der Waals surface area contributed by atoms with Crippen molar-refractivity contribution in [1.29, 1.82) is 0 Å². The Morgan fingerprint density at radius 2 is 1.96 bits per heavy atom. The van der Waals surface area contributed by atoms with Gasteiger partial charge in [-0.05, 0) is 73.8 Å². The molecule has 2 amide bonds. The zero-order chi connectivity index (χ0) is 19.1. The lowest BCUT2D eigenvalue weighted by molar-refractivity contribution is 0.0952. The Morgan fingerprint density at radius 1 is 1.18 bits per heavy atom. The normalized spacial score (nSPS) is 16.1. The highest BCUT2D eigenvalue weighted by Crippen LogP contribution is 2.24. The molecule has 28 heavy (non-hydrogen) atoms. The van der Waals surface area contributed by atoms with Gasteiger partial charge in [0.15, 0.2) is 0 Å². The van der Waals surface area contributed by atoms with E-state index < -0.39 is 0 Å². The SMILES string of the molecule is CCc1ccc(C(=O)Nc2sccc2C(=O)NCCC2CCCNC2)cc1.Cl. The van der Waals surface area contributed by atoms with Crippen molar-refractivity contribution >= 4 is 40.6 Å². The largest absolute Gasteiger partial charge is 0.352 e. The van der Waals surface area contributed by atoms with E-state index in [0.717, 1.165) is 25.9 Å². The summed E-state index contributed by atoms with van der Waals surface area (Å²) >= 11 is 1.37. The van der Waals surface area contributed by atoms with Crippen molar-refractivity contribution in [2.24, 2.45) is 5.92 Å². The molecule has 3 N–H and O–H groups in total. The molecule has 1 aromatic carbocycles. The molecule has 1 aromatic heterocycles. The number of benzene rings is 1. The number of thiophene rings is 1. The molecule has 0 aliphatic carbocycles. The van der Waals surface area contributed by atoms with Crippen molar-refractivity contribution < 1.29 is 9.59 Å². The Kier molecular flexibility index (Phi) is 8.96. The molecule has 1 aliphatic heterocycles. The second-order valence-electron chi connectivity index (χ2n) is 6.92. The summed E-state index contributed by atoms with van der Waals surface area (Å²) in [6.07, 6.45) is 4.35. The van der Waals surface area contributed by atoms with Gasteiger partial charge < -0.3 is 16.0 Å². The van der Waals surface area contributed by atoms with Gasteiger partial charge in [-0.1, -0.05) is 19.1 Å². The van der Waals surface area contributed by atoms with E-state index in [1.165, 1.54) is 29.7 Å². The monoisotopic (exact) mass is 421 g/mol. The second kappa shape index (κ2) is 11.2. The van der Waals surface area contributed by atoms with Crippen LogP contribution in [-0.2, 0) is 6.42 Å². The summed E-state index contributed by atoms with van der Waals surface area (Å²) in [5.74, 6) is 0.311. The van der Waals surface area contributed by atoms with Gasteiger partial charge in [-0.15, -0.1) is 23.7 Å². The van der Waals surface area contributed by atoms with Crippen LogP contribution in [0.4, 0.5) is 5.00 Å². The van der Waals surface area contributed by atoms with Crippen molar-refractivity contribution in [2.75, 3.05) is 25.0 Å². The minimum atomic E-state index is -0.192. The fourth-order valence-electron chi connectivity index (χ4n) is 3.31. The van der Waals surface area contributed by atoms with Crippen LogP contribution in [0.15, 0.2) is 35.7 Å². The first-order valence-corrected chi connectivity index (χ1v) is 10.5. The molecule has 2 heterocycles. The van der Waals surface area contributed by atoms with Crippen LogP contribution in [0, 0.1) is 5.92 Å². The summed E-state index contributed by atoms with van der Waals surface area (Å²) in [6, 6.07) is 9.31.